The standard InChI is InChI=1S/C20H22N4O3/c1-13-11-14(2)24(21-13)16-5-3-15(4-6-16)19(26)22-8-7-20-17(22)12-18(25)23(20)9-10-27-20/h3-6,11,17H,7-10,12H2,1-2H3/t17-,20+/m1/s1. The Labute approximate surface area is 157 Å². The maximum atomic E-state index is 13.1. The Bertz CT molecular complexity index is 935. The maximum Gasteiger partial charge on any atom is 0.254 e. The number of hydrogen-bond donors (Lipinski definition) is 0. The first-order valence-electron chi connectivity index (χ1n) is 9.39. The molecule has 0 bridgehead atoms. The summed E-state index contributed by atoms with van der Waals surface area (Å²) in [7, 11) is 0. The number of likely N-dealkylation sites (tertiary alicyclic amines) is 1. The second kappa shape index (κ2) is 5.66. The summed E-state index contributed by atoms with van der Waals surface area (Å²) in [6.45, 7) is 5.78. The molecular weight excluding hydrogens is 344 g/mol. The predicted molar refractivity (Wildman–Crippen MR) is 97.5 cm³/mol. The normalized spacial score (nSPS) is 26.6. The van der Waals surface area contributed by atoms with Crippen molar-refractivity contribution in [1.82, 2.24) is 19.6 Å². The molecule has 140 valence electrons. The number of ether oxygens (including phenoxy) is 1. The van der Waals surface area contributed by atoms with Gasteiger partial charge in [0.2, 0.25) is 5.91 Å². The van der Waals surface area contributed by atoms with Gasteiger partial charge in [-0.05, 0) is 44.2 Å². The number of carbonyl (C=O) groups is 2. The van der Waals surface area contributed by atoms with Crippen LogP contribution in [0.3, 0.4) is 0 Å². The molecule has 5 rings (SSSR count). The van der Waals surface area contributed by atoms with Crippen molar-refractivity contribution in [3.05, 3.63) is 47.3 Å². The Morgan fingerprint density at radius 1 is 1.22 bits per heavy atom. The summed E-state index contributed by atoms with van der Waals surface area (Å²) in [5.41, 5.74) is 2.98. The number of carbonyl (C=O) groups excluding carboxylic acids is 2. The molecule has 1 aromatic heterocycles. The molecule has 3 aliphatic rings. The molecule has 2 amide bonds. The van der Waals surface area contributed by atoms with E-state index in [4.69, 9.17) is 4.74 Å². The molecule has 0 saturated carbocycles. The largest absolute Gasteiger partial charge is 0.351 e. The van der Waals surface area contributed by atoms with Gasteiger partial charge in [-0.2, -0.15) is 5.10 Å². The highest BCUT2D eigenvalue weighted by atomic mass is 16.5. The van der Waals surface area contributed by atoms with E-state index in [1.807, 2.05) is 58.7 Å². The van der Waals surface area contributed by atoms with E-state index in [2.05, 4.69) is 5.10 Å². The zero-order valence-electron chi connectivity index (χ0n) is 15.5. The SMILES string of the molecule is Cc1cc(C)n(-c2ccc(C(=O)N3CC[C@@]45OCCN4C(=O)C[C@@H]35)cc2)n1. The zero-order chi connectivity index (χ0) is 18.8. The van der Waals surface area contributed by atoms with E-state index in [1.54, 1.807) is 0 Å². The first-order chi connectivity index (χ1) is 13.0. The minimum atomic E-state index is -0.587. The smallest absolute Gasteiger partial charge is 0.254 e. The van der Waals surface area contributed by atoms with Gasteiger partial charge in [0, 0.05) is 30.8 Å². The summed E-state index contributed by atoms with van der Waals surface area (Å²) in [5.74, 6) is 0.0526. The first kappa shape index (κ1) is 16.5. The number of rotatable bonds is 2. The van der Waals surface area contributed by atoms with Crippen LogP contribution in [0.25, 0.3) is 5.69 Å². The van der Waals surface area contributed by atoms with Crippen LogP contribution in [0.2, 0.25) is 0 Å². The van der Waals surface area contributed by atoms with E-state index in [9.17, 15) is 9.59 Å². The molecular formula is C20H22N4O3. The molecule has 2 aromatic rings. The van der Waals surface area contributed by atoms with Crippen LogP contribution in [0.1, 0.15) is 34.6 Å². The lowest BCUT2D eigenvalue weighted by molar-refractivity contribution is -0.136. The Morgan fingerprint density at radius 2 is 2.00 bits per heavy atom. The molecule has 3 aliphatic heterocycles. The molecule has 7 heteroatoms. The van der Waals surface area contributed by atoms with Crippen molar-refractivity contribution < 1.29 is 14.3 Å². The summed E-state index contributed by atoms with van der Waals surface area (Å²) in [6.07, 6.45) is 1.05. The van der Waals surface area contributed by atoms with Crippen molar-refractivity contribution in [1.29, 1.82) is 0 Å². The van der Waals surface area contributed by atoms with Gasteiger partial charge in [-0.3, -0.25) is 9.59 Å². The van der Waals surface area contributed by atoms with Gasteiger partial charge in [-0.15, -0.1) is 0 Å². The minimum Gasteiger partial charge on any atom is -0.351 e. The molecule has 0 N–H and O–H groups in total. The monoisotopic (exact) mass is 366 g/mol. The van der Waals surface area contributed by atoms with Gasteiger partial charge < -0.3 is 14.5 Å². The van der Waals surface area contributed by atoms with Crippen LogP contribution >= 0.6 is 0 Å². The minimum absolute atomic E-state index is 0.0399. The van der Waals surface area contributed by atoms with Gasteiger partial charge in [0.1, 0.15) is 0 Å². The average molecular weight is 366 g/mol. The molecule has 1 spiro atoms. The molecule has 27 heavy (non-hydrogen) atoms. The molecule has 3 saturated heterocycles. The summed E-state index contributed by atoms with van der Waals surface area (Å²) in [4.78, 5) is 29.1. The van der Waals surface area contributed by atoms with Crippen LogP contribution in [0.4, 0.5) is 0 Å². The maximum absolute atomic E-state index is 13.1. The van der Waals surface area contributed by atoms with Gasteiger partial charge in [-0.25, -0.2) is 4.68 Å². The van der Waals surface area contributed by atoms with E-state index >= 15 is 0 Å². The van der Waals surface area contributed by atoms with E-state index < -0.39 is 5.72 Å². The van der Waals surface area contributed by atoms with Gasteiger partial charge in [-0.1, -0.05) is 0 Å². The van der Waals surface area contributed by atoms with Crippen LogP contribution in [-0.2, 0) is 9.53 Å². The van der Waals surface area contributed by atoms with Crippen molar-refractivity contribution in [3.8, 4) is 5.69 Å². The Hall–Kier alpha value is -2.67. The molecule has 0 aliphatic carbocycles. The highest BCUT2D eigenvalue weighted by molar-refractivity contribution is 5.96. The van der Waals surface area contributed by atoms with Gasteiger partial charge in [0.15, 0.2) is 5.72 Å². The van der Waals surface area contributed by atoms with E-state index in [0.717, 1.165) is 17.1 Å². The number of aryl methyl sites for hydroxylation is 2. The molecule has 0 radical (unpaired) electrons. The van der Waals surface area contributed by atoms with Crippen LogP contribution in [0.15, 0.2) is 30.3 Å². The van der Waals surface area contributed by atoms with Crippen LogP contribution in [0.5, 0.6) is 0 Å². The zero-order valence-corrected chi connectivity index (χ0v) is 15.5. The second-order valence-corrected chi connectivity index (χ2v) is 7.59. The lowest BCUT2D eigenvalue weighted by atomic mass is 10.1. The van der Waals surface area contributed by atoms with Crippen molar-refractivity contribution in [3.63, 3.8) is 0 Å². The lowest BCUT2D eigenvalue weighted by Crippen LogP contribution is -2.48. The summed E-state index contributed by atoms with van der Waals surface area (Å²) >= 11 is 0. The molecule has 3 fully saturated rings. The molecule has 4 heterocycles. The van der Waals surface area contributed by atoms with Crippen LogP contribution in [-0.4, -0.2) is 62.9 Å². The summed E-state index contributed by atoms with van der Waals surface area (Å²) in [6, 6.07) is 9.34. The van der Waals surface area contributed by atoms with Gasteiger partial charge in [0.25, 0.3) is 5.91 Å². The fourth-order valence-corrected chi connectivity index (χ4v) is 4.84. The Kier molecular flexibility index (Phi) is 3.46. The summed E-state index contributed by atoms with van der Waals surface area (Å²) in [5, 5.41) is 4.48. The van der Waals surface area contributed by atoms with E-state index in [-0.39, 0.29) is 17.9 Å². The highest BCUT2D eigenvalue weighted by Crippen LogP contribution is 2.45. The summed E-state index contributed by atoms with van der Waals surface area (Å²) < 4.78 is 7.84. The Balaban J connectivity index is 1.40. The van der Waals surface area contributed by atoms with Gasteiger partial charge >= 0.3 is 0 Å². The number of hydrogen-bond acceptors (Lipinski definition) is 4. The fourth-order valence-electron chi connectivity index (χ4n) is 4.84. The third-order valence-corrected chi connectivity index (χ3v) is 6.03. The predicted octanol–water partition coefficient (Wildman–Crippen LogP) is 1.66. The third-order valence-electron chi connectivity index (χ3n) is 6.03. The van der Waals surface area contributed by atoms with E-state index in [0.29, 0.717) is 38.1 Å². The number of amides is 2. The highest BCUT2D eigenvalue weighted by Gasteiger charge is 2.62. The first-order valence-corrected chi connectivity index (χ1v) is 9.39. The fraction of sp³-hybridized carbons (Fsp3) is 0.450. The van der Waals surface area contributed by atoms with Crippen LogP contribution < -0.4 is 0 Å². The van der Waals surface area contributed by atoms with Crippen molar-refractivity contribution in [2.75, 3.05) is 19.7 Å². The van der Waals surface area contributed by atoms with E-state index in [1.165, 1.54) is 0 Å². The Morgan fingerprint density at radius 3 is 2.70 bits per heavy atom. The average Bonchev–Trinajstić information content (AvgIpc) is 3.37. The van der Waals surface area contributed by atoms with Crippen molar-refractivity contribution in [2.24, 2.45) is 0 Å². The molecule has 1 aromatic carbocycles. The van der Waals surface area contributed by atoms with Gasteiger partial charge in [0.05, 0.1) is 30.5 Å². The van der Waals surface area contributed by atoms with Crippen molar-refractivity contribution >= 4 is 11.8 Å². The van der Waals surface area contributed by atoms with Crippen molar-refractivity contribution in [2.45, 2.75) is 38.5 Å². The number of aromatic nitrogens is 2. The third kappa shape index (κ3) is 2.27. The molecule has 7 nitrogen and oxygen atoms in total. The quantitative estimate of drug-likeness (QED) is 0.811. The lowest BCUT2D eigenvalue weighted by Gasteiger charge is -2.31. The van der Waals surface area contributed by atoms with Crippen LogP contribution in [0, 0.1) is 13.8 Å². The number of nitrogens with zero attached hydrogens (tertiary/aromatic N) is 4. The number of benzene rings is 1. The second-order valence-electron chi connectivity index (χ2n) is 7.59. The topological polar surface area (TPSA) is 67.7 Å². The molecule has 0 unspecified atom stereocenters. The molecule has 2 atom stereocenters.